The van der Waals surface area contributed by atoms with Gasteiger partial charge in [0, 0.05) is 39.8 Å². The first-order valence-corrected chi connectivity index (χ1v) is 11.7. The lowest BCUT2D eigenvalue weighted by Crippen LogP contribution is -2.54. The quantitative estimate of drug-likeness (QED) is 0.486. The fourth-order valence-corrected chi connectivity index (χ4v) is 4.82. The molecule has 158 valence electrons. The highest BCUT2D eigenvalue weighted by molar-refractivity contribution is 7.89. The van der Waals surface area contributed by atoms with Crippen molar-refractivity contribution < 1.29 is 13.2 Å². The number of piperazine rings is 1. The lowest BCUT2D eigenvalue weighted by Gasteiger charge is -2.36. The van der Waals surface area contributed by atoms with Gasteiger partial charge in [-0.2, -0.15) is 4.31 Å². The zero-order valence-electron chi connectivity index (χ0n) is 17.4. The van der Waals surface area contributed by atoms with Crippen LogP contribution in [0.25, 0.3) is 0 Å². The first kappa shape index (κ1) is 22.4. The highest BCUT2D eigenvalue weighted by Crippen LogP contribution is 2.15. The molecule has 0 aromatic carbocycles. The molecule has 2 aliphatic heterocycles. The van der Waals surface area contributed by atoms with E-state index in [1.54, 1.807) is 11.4 Å². The van der Waals surface area contributed by atoms with E-state index in [4.69, 9.17) is 4.74 Å². The molecule has 2 rings (SSSR count). The molecule has 0 bridgehead atoms. The number of nitrogens with one attached hydrogen (secondary N) is 1. The maximum Gasteiger partial charge on any atom is 0.216 e. The molecule has 0 amide bonds. The number of sulfonamides is 1. The average Bonchev–Trinajstić information content (AvgIpc) is 2.63. The van der Waals surface area contributed by atoms with Crippen LogP contribution in [0.2, 0.25) is 0 Å². The van der Waals surface area contributed by atoms with Crippen LogP contribution in [-0.4, -0.2) is 107 Å². The van der Waals surface area contributed by atoms with Gasteiger partial charge in [0.25, 0.3) is 0 Å². The van der Waals surface area contributed by atoms with Crippen molar-refractivity contribution in [3.05, 3.63) is 0 Å². The zero-order chi connectivity index (χ0) is 19.9. The molecule has 0 aromatic rings. The Morgan fingerprint density at radius 3 is 2.33 bits per heavy atom. The van der Waals surface area contributed by atoms with Crippen LogP contribution in [-0.2, 0) is 14.8 Å². The number of likely N-dealkylation sites (tertiary alicyclic amines) is 1. The minimum absolute atomic E-state index is 0.0499. The van der Waals surface area contributed by atoms with Gasteiger partial charge in [-0.25, -0.2) is 8.42 Å². The molecule has 27 heavy (non-hydrogen) atoms. The Hall–Kier alpha value is -0.900. The lowest BCUT2D eigenvalue weighted by atomic mass is 9.97. The third-order valence-corrected chi connectivity index (χ3v) is 7.16. The molecule has 2 heterocycles. The largest absolute Gasteiger partial charge is 0.378 e. The molecule has 0 spiro atoms. The van der Waals surface area contributed by atoms with E-state index in [9.17, 15) is 8.42 Å². The van der Waals surface area contributed by atoms with Crippen LogP contribution in [0.5, 0.6) is 0 Å². The number of aliphatic imine (C=N–C) groups is 1. The van der Waals surface area contributed by atoms with Crippen molar-refractivity contribution in [1.29, 1.82) is 0 Å². The first-order valence-electron chi connectivity index (χ1n) is 10.1. The Bertz CT molecular complexity index is 566. The summed E-state index contributed by atoms with van der Waals surface area (Å²) in [7, 11) is 0.714. The van der Waals surface area contributed by atoms with Crippen molar-refractivity contribution in [3.63, 3.8) is 0 Å². The van der Waals surface area contributed by atoms with Gasteiger partial charge in [0.15, 0.2) is 5.96 Å². The third-order valence-electron chi connectivity index (χ3n) is 5.32. The summed E-state index contributed by atoms with van der Waals surface area (Å²) in [6.45, 7) is 9.65. The number of nitrogens with zero attached hydrogens (tertiary/aromatic N) is 4. The molecular weight excluding hydrogens is 366 g/mol. The summed E-state index contributed by atoms with van der Waals surface area (Å²) >= 11 is 0. The van der Waals surface area contributed by atoms with Crippen molar-refractivity contribution in [2.45, 2.75) is 32.8 Å². The SMILES string of the molecule is CN=C(NCC1CCN(C)CC1)N1CCN(S(=O)(=O)CCOC(C)C)CC1. The highest BCUT2D eigenvalue weighted by Gasteiger charge is 2.28. The minimum atomic E-state index is -3.25. The minimum Gasteiger partial charge on any atom is -0.378 e. The summed E-state index contributed by atoms with van der Waals surface area (Å²) in [5.74, 6) is 1.61. The monoisotopic (exact) mass is 403 g/mol. The van der Waals surface area contributed by atoms with E-state index in [-0.39, 0.29) is 18.5 Å². The van der Waals surface area contributed by atoms with Gasteiger partial charge in [0.05, 0.1) is 18.5 Å². The van der Waals surface area contributed by atoms with Crippen LogP contribution < -0.4 is 5.32 Å². The van der Waals surface area contributed by atoms with Crippen LogP contribution in [0.1, 0.15) is 26.7 Å². The number of rotatable bonds is 7. The molecule has 2 saturated heterocycles. The number of guanidine groups is 1. The number of hydrogen-bond donors (Lipinski definition) is 1. The van der Waals surface area contributed by atoms with Crippen LogP contribution in [0.15, 0.2) is 4.99 Å². The summed E-state index contributed by atoms with van der Waals surface area (Å²) < 4.78 is 31.9. The predicted octanol–water partition coefficient (Wildman–Crippen LogP) is 0.276. The molecule has 0 atom stereocenters. The summed E-state index contributed by atoms with van der Waals surface area (Å²) in [6, 6.07) is 0. The van der Waals surface area contributed by atoms with Gasteiger partial charge in [0.1, 0.15) is 0 Å². The summed E-state index contributed by atoms with van der Waals surface area (Å²) in [4.78, 5) is 8.93. The molecule has 2 fully saturated rings. The summed E-state index contributed by atoms with van der Waals surface area (Å²) in [5, 5.41) is 3.49. The van der Waals surface area contributed by atoms with Crippen LogP contribution >= 0.6 is 0 Å². The van der Waals surface area contributed by atoms with E-state index in [1.165, 1.54) is 12.8 Å². The maximum atomic E-state index is 12.4. The van der Waals surface area contributed by atoms with Crippen molar-refractivity contribution in [3.8, 4) is 0 Å². The predicted molar refractivity (Wildman–Crippen MR) is 110 cm³/mol. The van der Waals surface area contributed by atoms with Gasteiger partial charge in [-0.05, 0) is 52.7 Å². The van der Waals surface area contributed by atoms with Gasteiger partial charge < -0.3 is 19.9 Å². The van der Waals surface area contributed by atoms with Crippen molar-refractivity contribution >= 4 is 16.0 Å². The summed E-state index contributed by atoms with van der Waals surface area (Å²) in [6.07, 6.45) is 2.48. The normalized spacial score (nSPS) is 21.8. The fourth-order valence-electron chi connectivity index (χ4n) is 3.53. The second-order valence-electron chi connectivity index (χ2n) is 7.80. The number of piperidine rings is 1. The van der Waals surface area contributed by atoms with Gasteiger partial charge >= 0.3 is 0 Å². The molecule has 0 aromatic heterocycles. The molecule has 0 unspecified atom stereocenters. The number of ether oxygens (including phenoxy) is 1. The molecule has 0 saturated carbocycles. The Morgan fingerprint density at radius 2 is 1.78 bits per heavy atom. The molecule has 2 aliphatic rings. The Labute approximate surface area is 165 Å². The first-order chi connectivity index (χ1) is 12.8. The van der Waals surface area contributed by atoms with E-state index < -0.39 is 10.0 Å². The van der Waals surface area contributed by atoms with Crippen LogP contribution in [0, 0.1) is 5.92 Å². The lowest BCUT2D eigenvalue weighted by molar-refractivity contribution is 0.0904. The highest BCUT2D eigenvalue weighted by atomic mass is 32.2. The topological polar surface area (TPSA) is 77.5 Å². The Kier molecular flexibility index (Phi) is 8.78. The molecule has 9 heteroatoms. The molecule has 1 N–H and O–H groups in total. The van der Waals surface area contributed by atoms with E-state index in [0.29, 0.717) is 32.1 Å². The van der Waals surface area contributed by atoms with Crippen molar-refractivity contribution in [2.24, 2.45) is 10.9 Å². The van der Waals surface area contributed by atoms with Crippen LogP contribution in [0.3, 0.4) is 0 Å². The van der Waals surface area contributed by atoms with Gasteiger partial charge in [0.2, 0.25) is 10.0 Å². The van der Waals surface area contributed by atoms with Gasteiger partial charge in [-0.15, -0.1) is 0 Å². The zero-order valence-corrected chi connectivity index (χ0v) is 18.2. The fraction of sp³-hybridized carbons (Fsp3) is 0.944. The van der Waals surface area contributed by atoms with E-state index in [2.05, 4.69) is 27.2 Å². The maximum absolute atomic E-state index is 12.4. The van der Waals surface area contributed by atoms with Gasteiger partial charge in [-0.3, -0.25) is 4.99 Å². The average molecular weight is 404 g/mol. The third kappa shape index (κ3) is 7.21. The van der Waals surface area contributed by atoms with Crippen molar-refractivity contribution in [1.82, 2.24) is 19.4 Å². The summed E-state index contributed by atoms with van der Waals surface area (Å²) in [5.41, 5.74) is 0. The van der Waals surface area contributed by atoms with Gasteiger partial charge in [-0.1, -0.05) is 0 Å². The molecule has 0 radical (unpaired) electrons. The standard InChI is InChI=1S/C18H37N5O3S/c1-16(2)26-13-14-27(24,25)23-11-9-22(10-12-23)18(19-3)20-15-17-5-7-21(4)8-6-17/h16-17H,5-15H2,1-4H3,(H,19,20). The second kappa shape index (κ2) is 10.6. The number of hydrogen-bond acceptors (Lipinski definition) is 5. The Morgan fingerprint density at radius 1 is 1.15 bits per heavy atom. The molecular formula is C18H37N5O3S. The molecule has 0 aliphatic carbocycles. The van der Waals surface area contributed by atoms with E-state index in [0.717, 1.165) is 25.6 Å². The van der Waals surface area contributed by atoms with Crippen LogP contribution in [0.4, 0.5) is 0 Å². The molecule has 8 nitrogen and oxygen atoms in total. The van der Waals surface area contributed by atoms with E-state index >= 15 is 0 Å². The van der Waals surface area contributed by atoms with Crippen molar-refractivity contribution in [2.75, 3.05) is 72.3 Å². The Balaban J connectivity index is 1.75. The van der Waals surface area contributed by atoms with E-state index in [1.807, 2.05) is 13.8 Å². The second-order valence-corrected chi connectivity index (χ2v) is 9.88. The smallest absolute Gasteiger partial charge is 0.216 e.